The molecule has 3 aliphatic rings. The second-order valence-corrected chi connectivity index (χ2v) is 12.0. The number of carbonyl (C=O) groups is 3. The van der Waals surface area contributed by atoms with Crippen molar-refractivity contribution in [2.24, 2.45) is 11.8 Å². The predicted molar refractivity (Wildman–Crippen MR) is 157 cm³/mol. The Hall–Kier alpha value is -4.59. The van der Waals surface area contributed by atoms with Crippen LogP contribution in [-0.2, 0) is 33.9 Å². The fourth-order valence-corrected chi connectivity index (χ4v) is 6.87. The Morgan fingerprint density at radius 2 is 1.68 bits per heavy atom. The number of hydrogen-bond acceptors (Lipinski definition) is 12. The van der Waals surface area contributed by atoms with Gasteiger partial charge in [0, 0.05) is 49.9 Å². The lowest BCUT2D eigenvalue weighted by atomic mass is 9.57. The molecule has 8 N–H and O–H groups in total. The number of hydrogen-bond donors (Lipinski definition) is 8. The van der Waals surface area contributed by atoms with Gasteiger partial charge in [-0.1, -0.05) is 6.07 Å². The predicted octanol–water partition coefficient (Wildman–Crippen LogP) is 1.33. The van der Waals surface area contributed by atoms with Crippen LogP contribution in [0.25, 0.3) is 5.76 Å². The maximum atomic E-state index is 14.1. The summed E-state index contributed by atoms with van der Waals surface area (Å²) in [4.78, 5) is 42.4. The van der Waals surface area contributed by atoms with Crippen LogP contribution in [0.4, 0.5) is 5.69 Å². The molecule has 2 aromatic rings. The SMILES string of the molecule is CN(C)c1cc(CNCc2ccc(O)c(O)c2)c(O)c2c1C[C@H]1C[C@H]3[C@H](N(C)C)C(=O)C(C(=O)O)=C(O)[C@@]3(O)C(=O)C1=C2O. The highest BCUT2D eigenvalue weighted by Crippen LogP contribution is 2.54. The number of carbonyl (C=O) groups excluding carboxylic acids is 2. The van der Waals surface area contributed by atoms with Crippen LogP contribution in [-0.4, -0.2) is 98.0 Å². The summed E-state index contributed by atoms with van der Waals surface area (Å²) in [6.45, 7) is 0.360. The fraction of sp³-hybridized carbons (Fsp3) is 0.387. The van der Waals surface area contributed by atoms with Crippen molar-refractivity contribution >= 4 is 29.0 Å². The lowest BCUT2D eigenvalue weighted by Gasteiger charge is -2.50. The first-order chi connectivity index (χ1) is 20.6. The number of phenols is 3. The molecular weight excluding hydrogens is 574 g/mol. The Kier molecular flexibility index (Phi) is 7.60. The first-order valence-electron chi connectivity index (χ1n) is 14.0. The quantitative estimate of drug-likeness (QED) is 0.165. The van der Waals surface area contributed by atoms with Gasteiger partial charge in [0.25, 0.3) is 0 Å². The summed E-state index contributed by atoms with van der Waals surface area (Å²) in [5.74, 6) is -8.46. The van der Waals surface area contributed by atoms with Gasteiger partial charge in [-0.3, -0.25) is 14.5 Å². The first-order valence-corrected chi connectivity index (χ1v) is 14.0. The van der Waals surface area contributed by atoms with Gasteiger partial charge >= 0.3 is 5.97 Å². The van der Waals surface area contributed by atoms with Crippen LogP contribution in [0, 0.1) is 11.8 Å². The van der Waals surface area contributed by atoms with Crippen molar-refractivity contribution in [1.82, 2.24) is 10.2 Å². The summed E-state index contributed by atoms with van der Waals surface area (Å²) in [7, 11) is 6.58. The van der Waals surface area contributed by atoms with E-state index in [-0.39, 0.29) is 54.3 Å². The molecule has 2 aromatic carbocycles. The van der Waals surface area contributed by atoms with E-state index in [1.54, 1.807) is 31.1 Å². The Labute approximate surface area is 252 Å². The molecule has 3 aliphatic carbocycles. The number of anilines is 1. The van der Waals surface area contributed by atoms with Gasteiger partial charge in [0.1, 0.15) is 17.1 Å². The van der Waals surface area contributed by atoms with Crippen LogP contribution in [0.2, 0.25) is 0 Å². The van der Waals surface area contributed by atoms with Gasteiger partial charge in [-0.15, -0.1) is 0 Å². The summed E-state index contributed by atoms with van der Waals surface area (Å²) in [6.07, 6.45) is 0.113. The molecule has 0 heterocycles. The highest BCUT2D eigenvalue weighted by Gasteiger charge is 2.64. The third-order valence-electron chi connectivity index (χ3n) is 8.91. The molecular formula is C31H35N3O10. The molecule has 234 valence electrons. The average molecular weight is 610 g/mol. The second kappa shape index (κ2) is 10.8. The minimum Gasteiger partial charge on any atom is -0.508 e. The van der Waals surface area contributed by atoms with E-state index in [2.05, 4.69) is 5.32 Å². The Morgan fingerprint density at radius 3 is 2.27 bits per heavy atom. The number of aromatic hydroxyl groups is 3. The number of aliphatic hydroxyl groups excluding tert-OH is 2. The van der Waals surface area contributed by atoms with Gasteiger partial charge in [0.05, 0.1) is 11.6 Å². The number of aliphatic carboxylic acids is 1. The zero-order valence-corrected chi connectivity index (χ0v) is 24.6. The minimum absolute atomic E-state index is 0.0186. The van der Waals surface area contributed by atoms with Crippen molar-refractivity contribution < 1.29 is 50.1 Å². The maximum Gasteiger partial charge on any atom is 0.342 e. The lowest BCUT2D eigenvalue weighted by molar-refractivity contribution is -0.155. The van der Waals surface area contributed by atoms with E-state index in [9.17, 15) is 50.1 Å². The summed E-state index contributed by atoms with van der Waals surface area (Å²) >= 11 is 0. The average Bonchev–Trinajstić information content (AvgIpc) is 2.93. The van der Waals surface area contributed by atoms with E-state index >= 15 is 0 Å². The number of fused-ring (bicyclic) bond motifs is 3. The third-order valence-corrected chi connectivity index (χ3v) is 8.91. The molecule has 0 radical (unpaired) electrons. The molecule has 13 nitrogen and oxygen atoms in total. The summed E-state index contributed by atoms with van der Waals surface area (Å²) in [6, 6.07) is 4.87. The van der Waals surface area contributed by atoms with E-state index in [0.717, 1.165) is 0 Å². The molecule has 0 bridgehead atoms. The zero-order chi connectivity index (χ0) is 32.4. The molecule has 13 heteroatoms. The van der Waals surface area contributed by atoms with Gasteiger partial charge in [-0.25, -0.2) is 4.79 Å². The highest BCUT2D eigenvalue weighted by atomic mass is 16.4. The molecule has 44 heavy (non-hydrogen) atoms. The number of phenolic OH excluding ortho intramolecular Hbond substituents is 3. The van der Waals surface area contributed by atoms with Crippen LogP contribution in [0.15, 0.2) is 41.2 Å². The third kappa shape index (κ3) is 4.55. The molecule has 0 aromatic heterocycles. The van der Waals surface area contributed by atoms with Gasteiger partial charge < -0.3 is 46.0 Å². The molecule has 1 fully saturated rings. The summed E-state index contributed by atoms with van der Waals surface area (Å²) in [5.41, 5.74) is -1.94. The number of Topliss-reactive ketones (excluding diaryl/α,β-unsaturated/α-hetero) is 2. The molecule has 0 spiro atoms. The van der Waals surface area contributed by atoms with E-state index in [0.29, 0.717) is 22.4 Å². The number of benzene rings is 2. The number of ketones is 2. The van der Waals surface area contributed by atoms with Crippen LogP contribution >= 0.6 is 0 Å². The number of rotatable bonds is 7. The van der Waals surface area contributed by atoms with Crippen LogP contribution in [0.1, 0.15) is 28.7 Å². The highest BCUT2D eigenvalue weighted by molar-refractivity contribution is 6.23. The molecule has 0 amide bonds. The van der Waals surface area contributed by atoms with Crippen LogP contribution < -0.4 is 10.2 Å². The van der Waals surface area contributed by atoms with Crippen molar-refractivity contribution in [1.29, 1.82) is 0 Å². The summed E-state index contributed by atoms with van der Waals surface area (Å²) in [5, 5.41) is 77.8. The topological polar surface area (TPSA) is 211 Å². The van der Waals surface area contributed by atoms with Crippen LogP contribution in [0.5, 0.6) is 17.2 Å². The largest absolute Gasteiger partial charge is 0.508 e. The smallest absolute Gasteiger partial charge is 0.342 e. The van der Waals surface area contributed by atoms with Crippen molar-refractivity contribution in [3.05, 3.63) is 63.4 Å². The van der Waals surface area contributed by atoms with E-state index in [4.69, 9.17) is 0 Å². The molecule has 1 saturated carbocycles. The standard InChI is InChI=1S/C31H35N3O10/c1-33(2)18-10-15(12-32-11-13-5-6-19(35)20(36)7-13)25(37)22-16(18)8-14-9-17-24(34(3)4)27(39)23(30(42)43)29(41)31(17,44)28(40)21(14)26(22)38/h5-7,10,14,17,24,32,35-38,41,44H,8-9,11-12H2,1-4H3,(H,42,43)/t14-,17-,24-,31-/m0/s1. The monoisotopic (exact) mass is 609 g/mol. The van der Waals surface area contributed by atoms with Crippen molar-refractivity contribution in [2.45, 2.75) is 37.6 Å². The Bertz CT molecular complexity index is 1660. The normalized spacial score (nSPS) is 24.7. The van der Waals surface area contributed by atoms with Crippen molar-refractivity contribution in [2.75, 3.05) is 33.1 Å². The number of nitrogens with zero attached hydrogens (tertiary/aromatic N) is 2. The second-order valence-electron chi connectivity index (χ2n) is 12.0. The fourth-order valence-electron chi connectivity index (χ4n) is 6.87. The number of likely N-dealkylation sites (N-methyl/N-ethyl adjacent to an activating group) is 1. The maximum absolute atomic E-state index is 14.1. The Morgan fingerprint density at radius 1 is 1.00 bits per heavy atom. The van der Waals surface area contributed by atoms with E-state index < -0.39 is 58.1 Å². The van der Waals surface area contributed by atoms with Crippen molar-refractivity contribution in [3.63, 3.8) is 0 Å². The molecule has 0 saturated heterocycles. The Balaban J connectivity index is 1.60. The molecule has 5 rings (SSSR count). The molecule has 4 atom stereocenters. The summed E-state index contributed by atoms with van der Waals surface area (Å²) < 4.78 is 0. The number of aliphatic hydroxyl groups is 3. The minimum atomic E-state index is -2.79. The number of nitrogens with one attached hydrogen (secondary N) is 1. The zero-order valence-electron chi connectivity index (χ0n) is 24.6. The van der Waals surface area contributed by atoms with Gasteiger partial charge in [0.2, 0.25) is 5.78 Å². The lowest BCUT2D eigenvalue weighted by Crippen LogP contribution is -2.65. The van der Waals surface area contributed by atoms with Gasteiger partial charge in [-0.05, 0) is 62.2 Å². The molecule has 0 aliphatic heterocycles. The number of carboxylic acid groups (broad SMARTS) is 1. The van der Waals surface area contributed by atoms with Gasteiger partial charge in [-0.2, -0.15) is 0 Å². The first kappa shape index (κ1) is 30.9. The van der Waals surface area contributed by atoms with E-state index in [1.807, 2.05) is 0 Å². The molecule has 0 unspecified atom stereocenters. The number of carboxylic acids is 1. The van der Waals surface area contributed by atoms with Gasteiger partial charge in [0.15, 0.2) is 28.6 Å². The van der Waals surface area contributed by atoms with Crippen molar-refractivity contribution in [3.8, 4) is 17.2 Å². The van der Waals surface area contributed by atoms with E-state index in [1.165, 1.54) is 31.1 Å². The van der Waals surface area contributed by atoms with Crippen LogP contribution in [0.3, 0.4) is 0 Å².